The largest absolute Gasteiger partial charge is 0.391 e. The number of aliphatic hydroxyl groups excluding tert-OH is 1. The molecule has 0 aromatic heterocycles. The van der Waals surface area contributed by atoms with Crippen LogP contribution in [-0.4, -0.2) is 35.2 Å². The second-order valence-electron chi connectivity index (χ2n) is 8.04. The van der Waals surface area contributed by atoms with E-state index in [0.29, 0.717) is 0 Å². The number of aliphatic hydroxyl groups is 1. The molecule has 1 aliphatic heterocycles. The first-order valence-electron chi connectivity index (χ1n) is 9.63. The number of nitrogens with zero attached hydrogens (tertiary/aromatic N) is 1. The van der Waals surface area contributed by atoms with Crippen molar-refractivity contribution < 1.29 is 5.11 Å². The van der Waals surface area contributed by atoms with Crippen LogP contribution >= 0.6 is 15.9 Å². The molecule has 0 bridgehead atoms. The fraction of sp³-hybridized carbons (Fsp3) is 0.391. The summed E-state index contributed by atoms with van der Waals surface area (Å²) in [5, 5.41) is 10.8. The van der Waals surface area contributed by atoms with E-state index in [9.17, 15) is 5.11 Å². The first kappa shape index (κ1) is 16.7. The van der Waals surface area contributed by atoms with Gasteiger partial charge in [0.1, 0.15) is 0 Å². The van der Waals surface area contributed by atoms with Crippen molar-refractivity contribution in [3.8, 4) is 0 Å². The monoisotopic (exact) mass is 409 g/mol. The maximum Gasteiger partial charge on any atom is 0.0738 e. The molecule has 3 aliphatic rings. The van der Waals surface area contributed by atoms with Crippen molar-refractivity contribution in [1.82, 2.24) is 4.90 Å². The third-order valence-corrected chi connectivity index (χ3v) is 7.43. The number of benzene rings is 2. The van der Waals surface area contributed by atoms with Crippen molar-refractivity contribution >= 4 is 22.0 Å². The highest BCUT2D eigenvalue weighted by Crippen LogP contribution is 2.46. The third kappa shape index (κ3) is 2.60. The van der Waals surface area contributed by atoms with E-state index in [4.69, 9.17) is 0 Å². The summed E-state index contributed by atoms with van der Waals surface area (Å²) >= 11 is 3.70. The average Bonchev–Trinajstić information content (AvgIpc) is 3.02. The molecule has 26 heavy (non-hydrogen) atoms. The second-order valence-corrected chi connectivity index (χ2v) is 8.89. The van der Waals surface area contributed by atoms with Crippen LogP contribution in [0.25, 0.3) is 6.08 Å². The molecule has 0 radical (unpaired) electrons. The molecular formula is C23H24BrNO. The summed E-state index contributed by atoms with van der Waals surface area (Å²) in [5.41, 5.74) is 5.75. The van der Waals surface area contributed by atoms with E-state index in [-0.39, 0.29) is 17.6 Å². The molecular weight excluding hydrogens is 386 g/mol. The summed E-state index contributed by atoms with van der Waals surface area (Å²) in [5.74, 6) is 0. The lowest BCUT2D eigenvalue weighted by Gasteiger charge is -2.45. The summed E-state index contributed by atoms with van der Waals surface area (Å²) in [4.78, 5) is 2.54. The SMILES string of the molecule is OC1Cc2ccccc2CC1N1CCC2(C=Cc3c(Br)cccc32)CC1. The molecule has 1 spiro atoms. The van der Waals surface area contributed by atoms with E-state index in [1.165, 1.54) is 26.7 Å². The first-order valence-corrected chi connectivity index (χ1v) is 10.4. The van der Waals surface area contributed by atoms with Crippen LogP contribution in [0.4, 0.5) is 0 Å². The normalized spacial score (nSPS) is 26.7. The summed E-state index contributed by atoms with van der Waals surface area (Å²) in [6.07, 6.45) is 8.50. The molecule has 2 nitrogen and oxygen atoms in total. The topological polar surface area (TPSA) is 23.5 Å². The molecule has 2 unspecified atom stereocenters. The van der Waals surface area contributed by atoms with E-state index in [1.807, 2.05) is 0 Å². The molecule has 0 amide bonds. The van der Waals surface area contributed by atoms with Gasteiger partial charge in [0.05, 0.1) is 6.10 Å². The maximum absolute atomic E-state index is 10.8. The van der Waals surface area contributed by atoms with E-state index in [0.717, 1.165) is 38.8 Å². The van der Waals surface area contributed by atoms with Crippen LogP contribution in [0, 0.1) is 0 Å². The van der Waals surface area contributed by atoms with Crippen LogP contribution in [-0.2, 0) is 18.3 Å². The van der Waals surface area contributed by atoms with Gasteiger partial charge in [0.25, 0.3) is 0 Å². The Morgan fingerprint density at radius 1 is 0.962 bits per heavy atom. The van der Waals surface area contributed by atoms with Gasteiger partial charge in [-0.3, -0.25) is 4.90 Å². The molecule has 2 aromatic carbocycles. The Hall–Kier alpha value is -1.42. The van der Waals surface area contributed by atoms with Crippen molar-refractivity contribution in [1.29, 1.82) is 0 Å². The van der Waals surface area contributed by atoms with Crippen molar-refractivity contribution in [3.63, 3.8) is 0 Å². The predicted molar refractivity (Wildman–Crippen MR) is 109 cm³/mol. The Kier molecular flexibility index (Phi) is 4.07. The van der Waals surface area contributed by atoms with Gasteiger partial charge in [0.2, 0.25) is 0 Å². The molecule has 1 saturated heterocycles. The molecule has 2 aromatic rings. The Labute approximate surface area is 163 Å². The lowest BCUT2D eigenvalue weighted by molar-refractivity contribution is 0.0237. The minimum atomic E-state index is -0.250. The molecule has 3 heteroatoms. The Bertz CT molecular complexity index is 866. The van der Waals surface area contributed by atoms with Crippen LogP contribution < -0.4 is 0 Å². The number of hydrogen-bond acceptors (Lipinski definition) is 2. The highest BCUT2D eigenvalue weighted by atomic mass is 79.9. The fourth-order valence-electron chi connectivity index (χ4n) is 5.21. The van der Waals surface area contributed by atoms with Crippen molar-refractivity contribution in [2.75, 3.05) is 13.1 Å². The molecule has 2 aliphatic carbocycles. The van der Waals surface area contributed by atoms with Crippen LogP contribution in [0.2, 0.25) is 0 Å². The summed E-state index contributed by atoms with van der Waals surface area (Å²) in [6, 6.07) is 15.4. The van der Waals surface area contributed by atoms with Crippen molar-refractivity contribution in [2.24, 2.45) is 0 Å². The smallest absolute Gasteiger partial charge is 0.0738 e. The lowest BCUT2D eigenvalue weighted by atomic mass is 9.73. The third-order valence-electron chi connectivity index (χ3n) is 6.74. The Balaban J connectivity index is 1.35. The van der Waals surface area contributed by atoms with Gasteiger partial charge in [0.15, 0.2) is 0 Å². The van der Waals surface area contributed by atoms with Gasteiger partial charge in [-0.05, 0) is 60.7 Å². The number of likely N-dealkylation sites (tertiary alicyclic amines) is 1. The van der Waals surface area contributed by atoms with Gasteiger partial charge in [-0.1, -0.05) is 64.5 Å². The highest BCUT2D eigenvalue weighted by Gasteiger charge is 2.41. The van der Waals surface area contributed by atoms with E-state index >= 15 is 0 Å². The van der Waals surface area contributed by atoms with Gasteiger partial charge >= 0.3 is 0 Å². The minimum absolute atomic E-state index is 0.188. The highest BCUT2D eigenvalue weighted by molar-refractivity contribution is 9.10. The van der Waals surface area contributed by atoms with Gasteiger partial charge < -0.3 is 5.11 Å². The number of hydrogen-bond donors (Lipinski definition) is 1. The zero-order valence-corrected chi connectivity index (χ0v) is 16.5. The molecule has 1 fully saturated rings. The molecule has 2 atom stereocenters. The molecule has 5 rings (SSSR count). The van der Waals surface area contributed by atoms with Gasteiger partial charge in [0, 0.05) is 22.4 Å². The molecule has 134 valence electrons. The summed E-state index contributed by atoms with van der Waals surface area (Å²) in [7, 11) is 0. The van der Waals surface area contributed by atoms with Crippen LogP contribution in [0.5, 0.6) is 0 Å². The number of fused-ring (bicyclic) bond motifs is 3. The molecule has 1 heterocycles. The van der Waals surface area contributed by atoms with Crippen LogP contribution in [0.1, 0.15) is 35.1 Å². The molecule has 0 saturated carbocycles. The average molecular weight is 410 g/mol. The number of allylic oxidation sites excluding steroid dienone is 1. The standard InChI is InChI=1S/C23H24BrNO/c24-20-7-3-6-19-18(20)8-9-23(19)10-12-25(13-11-23)21-14-16-4-1-2-5-17(16)15-22(21)26/h1-9,21-22,26H,10-15H2. The minimum Gasteiger partial charge on any atom is -0.391 e. The fourth-order valence-corrected chi connectivity index (χ4v) is 5.71. The first-order chi connectivity index (χ1) is 12.7. The maximum atomic E-state index is 10.8. The quantitative estimate of drug-likeness (QED) is 0.756. The van der Waals surface area contributed by atoms with E-state index in [1.54, 1.807) is 0 Å². The molecule has 1 N–H and O–H groups in total. The van der Waals surface area contributed by atoms with Crippen molar-refractivity contribution in [3.05, 3.63) is 75.3 Å². The summed E-state index contributed by atoms with van der Waals surface area (Å²) in [6.45, 7) is 2.11. The number of halogens is 1. The van der Waals surface area contributed by atoms with Crippen LogP contribution in [0.3, 0.4) is 0 Å². The van der Waals surface area contributed by atoms with Crippen molar-refractivity contribution in [2.45, 2.75) is 43.2 Å². The lowest BCUT2D eigenvalue weighted by Crippen LogP contribution is -2.53. The predicted octanol–water partition coefficient (Wildman–Crippen LogP) is 4.34. The Morgan fingerprint density at radius 3 is 2.46 bits per heavy atom. The Morgan fingerprint density at radius 2 is 1.69 bits per heavy atom. The van der Waals surface area contributed by atoms with Gasteiger partial charge in [-0.15, -0.1) is 0 Å². The second kappa shape index (κ2) is 6.33. The van der Waals surface area contributed by atoms with E-state index < -0.39 is 0 Å². The van der Waals surface area contributed by atoms with Crippen LogP contribution in [0.15, 0.2) is 53.0 Å². The zero-order valence-electron chi connectivity index (χ0n) is 14.9. The van der Waals surface area contributed by atoms with E-state index in [2.05, 4.69) is 75.4 Å². The van der Waals surface area contributed by atoms with Gasteiger partial charge in [-0.2, -0.15) is 0 Å². The number of rotatable bonds is 1. The number of piperidine rings is 1. The van der Waals surface area contributed by atoms with Gasteiger partial charge in [-0.25, -0.2) is 0 Å². The summed E-state index contributed by atoms with van der Waals surface area (Å²) < 4.78 is 1.20. The zero-order chi connectivity index (χ0) is 17.7.